The van der Waals surface area contributed by atoms with Crippen molar-refractivity contribution in [2.24, 2.45) is 0 Å². The highest BCUT2D eigenvalue weighted by Gasteiger charge is 2.10. The number of nitrogens with zero attached hydrogens (tertiary/aromatic N) is 1. The van der Waals surface area contributed by atoms with Gasteiger partial charge in [-0.2, -0.15) is 0 Å². The van der Waals surface area contributed by atoms with Crippen LogP contribution in [0.2, 0.25) is 0 Å². The van der Waals surface area contributed by atoms with Crippen molar-refractivity contribution in [3.05, 3.63) is 36.4 Å². The van der Waals surface area contributed by atoms with Crippen molar-refractivity contribution in [3.63, 3.8) is 0 Å². The third kappa shape index (κ3) is 3.77. The fraction of sp³-hybridized carbons (Fsp3) is 0.467. The van der Waals surface area contributed by atoms with Crippen LogP contribution < -0.4 is 10.2 Å². The van der Waals surface area contributed by atoms with E-state index in [1.165, 1.54) is 0 Å². The number of hydrogen-bond acceptors (Lipinski definition) is 3. The number of anilines is 1. The van der Waals surface area contributed by atoms with Gasteiger partial charge in [0, 0.05) is 37.0 Å². The Balaban J connectivity index is 2.73. The Morgan fingerprint density at radius 2 is 2.22 bits per heavy atom. The van der Waals surface area contributed by atoms with E-state index in [9.17, 15) is 5.11 Å². The first-order chi connectivity index (χ1) is 8.60. The number of unbranched alkanes of at least 4 members (excludes halogenated alkanes) is 1. The van der Waals surface area contributed by atoms with Gasteiger partial charge in [-0.05, 0) is 32.9 Å². The number of nitrogens with one attached hydrogen (secondary N) is 1. The maximum Gasteiger partial charge on any atom is 0.122 e. The summed E-state index contributed by atoms with van der Waals surface area (Å²) >= 11 is 0. The molecular weight excluding hydrogens is 224 g/mol. The molecule has 100 valence electrons. The predicted molar refractivity (Wildman–Crippen MR) is 78.3 cm³/mol. The number of allylic oxidation sites excluding steroid dienone is 1. The fourth-order valence-corrected chi connectivity index (χ4v) is 1.89. The van der Waals surface area contributed by atoms with Gasteiger partial charge in [0.25, 0.3) is 0 Å². The Hall–Kier alpha value is -1.48. The summed E-state index contributed by atoms with van der Waals surface area (Å²) < 4.78 is 0. The molecule has 0 spiro atoms. The lowest BCUT2D eigenvalue weighted by Gasteiger charge is -2.21. The van der Waals surface area contributed by atoms with Gasteiger partial charge in [-0.15, -0.1) is 6.58 Å². The van der Waals surface area contributed by atoms with E-state index in [1.807, 2.05) is 39.2 Å². The summed E-state index contributed by atoms with van der Waals surface area (Å²) in [5, 5.41) is 13.2. The summed E-state index contributed by atoms with van der Waals surface area (Å²) in [6.45, 7) is 6.71. The van der Waals surface area contributed by atoms with E-state index in [4.69, 9.17) is 0 Å². The lowest BCUT2D eigenvalue weighted by atomic mass is 10.1. The fourth-order valence-electron chi connectivity index (χ4n) is 1.89. The molecule has 0 aromatic heterocycles. The second-order valence-corrected chi connectivity index (χ2v) is 4.61. The van der Waals surface area contributed by atoms with E-state index < -0.39 is 0 Å². The second kappa shape index (κ2) is 7.07. The predicted octanol–water partition coefficient (Wildman–Crippen LogP) is 3.08. The topological polar surface area (TPSA) is 35.5 Å². The molecule has 3 nitrogen and oxygen atoms in total. The van der Waals surface area contributed by atoms with Crippen LogP contribution >= 0.6 is 0 Å². The van der Waals surface area contributed by atoms with Gasteiger partial charge in [0.1, 0.15) is 5.75 Å². The number of hydrogen-bond donors (Lipinski definition) is 2. The summed E-state index contributed by atoms with van der Waals surface area (Å²) in [7, 11) is 3.93. The third-order valence-corrected chi connectivity index (χ3v) is 3.26. The SMILES string of the molecule is C=CCCCN(C)c1ccc(C(C)NC)c(O)c1. The lowest BCUT2D eigenvalue weighted by Crippen LogP contribution is -2.18. The van der Waals surface area contributed by atoms with Crippen LogP contribution in [0.4, 0.5) is 5.69 Å². The van der Waals surface area contributed by atoms with Crippen LogP contribution in [0.3, 0.4) is 0 Å². The quantitative estimate of drug-likeness (QED) is 0.575. The van der Waals surface area contributed by atoms with E-state index in [2.05, 4.69) is 22.9 Å². The van der Waals surface area contributed by atoms with Crippen molar-refractivity contribution in [1.82, 2.24) is 5.32 Å². The maximum atomic E-state index is 10.0. The first-order valence-corrected chi connectivity index (χ1v) is 6.42. The number of aromatic hydroxyl groups is 1. The minimum Gasteiger partial charge on any atom is -0.508 e. The van der Waals surface area contributed by atoms with Crippen LogP contribution in [-0.4, -0.2) is 25.7 Å². The zero-order chi connectivity index (χ0) is 13.5. The highest BCUT2D eigenvalue weighted by Crippen LogP contribution is 2.28. The molecule has 1 unspecified atom stereocenters. The molecule has 0 bridgehead atoms. The lowest BCUT2D eigenvalue weighted by molar-refractivity contribution is 0.458. The molecule has 18 heavy (non-hydrogen) atoms. The van der Waals surface area contributed by atoms with Gasteiger partial charge in [0.15, 0.2) is 0 Å². The van der Waals surface area contributed by atoms with E-state index in [1.54, 1.807) is 0 Å². The van der Waals surface area contributed by atoms with Gasteiger partial charge in [-0.3, -0.25) is 0 Å². The molecule has 0 fully saturated rings. The standard InChI is InChI=1S/C15H24N2O/c1-5-6-7-10-17(4)13-8-9-14(12(2)16-3)15(18)11-13/h5,8-9,11-12,16,18H,1,6-7,10H2,2-4H3. The first kappa shape index (κ1) is 14.6. The minimum absolute atomic E-state index is 0.158. The average molecular weight is 248 g/mol. The van der Waals surface area contributed by atoms with Gasteiger partial charge in [0.05, 0.1) is 0 Å². The van der Waals surface area contributed by atoms with Crippen molar-refractivity contribution in [2.45, 2.75) is 25.8 Å². The molecule has 0 aliphatic carbocycles. The van der Waals surface area contributed by atoms with Gasteiger partial charge >= 0.3 is 0 Å². The minimum atomic E-state index is 0.158. The molecular formula is C15H24N2O. The third-order valence-electron chi connectivity index (χ3n) is 3.26. The van der Waals surface area contributed by atoms with Crippen molar-refractivity contribution in [2.75, 3.05) is 25.5 Å². The number of phenolic OH excluding ortho intramolecular Hbond substituents is 1. The largest absolute Gasteiger partial charge is 0.508 e. The summed E-state index contributed by atoms with van der Waals surface area (Å²) in [6.07, 6.45) is 4.03. The number of benzene rings is 1. The Morgan fingerprint density at radius 3 is 2.78 bits per heavy atom. The van der Waals surface area contributed by atoms with E-state index in [0.29, 0.717) is 5.75 Å². The van der Waals surface area contributed by atoms with Gasteiger partial charge < -0.3 is 15.3 Å². The van der Waals surface area contributed by atoms with Crippen molar-refractivity contribution in [1.29, 1.82) is 0 Å². The van der Waals surface area contributed by atoms with Crippen molar-refractivity contribution in [3.8, 4) is 5.75 Å². The molecule has 0 aliphatic heterocycles. The Kier molecular flexibility index (Phi) is 5.72. The van der Waals surface area contributed by atoms with E-state index in [-0.39, 0.29) is 6.04 Å². The van der Waals surface area contributed by atoms with Gasteiger partial charge in [0.2, 0.25) is 0 Å². The average Bonchev–Trinajstić information content (AvgIpc) is 2.38. The summed E-state index contributed by atoms with van der Waals surface area (Å²) in [6, 6.07) is 6.02. The Morgan fingerprint density at radius 1 is 1.50 bits per heavy atom. The molecule has 0 heterocycles. The van der Waals surface area contributed by atoms with Gasteiger partial charge in [-0.1, -0.05) is 12.1 Å². The second-order valence-electron chi connectivity index (χ2n) is 4.61. The van der Waals surface area contributed by atoms with Crippen LogP contribution in [0.15, 0.2) is 30.9 Å². The Labute approximate surface area is 110 Å². The van der Waals surface area contributed by atoms with Crippen LogP contribution in [0.25, 0.3) is 0 Å². The molecule has 1 rings (SSSR count). The smallest absolute Gasteiger partial charge is 0.122 e. The maximum absolute atomic E-state index is 10.0. The molecule has 0 saturated heterocycles. The molecule has 0 amide bonds. The number of phenols is 1. The summed E-state index contributed by atoms with van der Waals surface area (Å²) in [4.78, 5) is 2.15. The van der Waals surface area contributed by atoms with Crippen molar-refractivity contribution < 1.29 is 5.11 Å². The number of rotatable bonds is 7. The molecule has 3 heteroatoms. The summed E-state index contributed by atoms with van der Waals surface area (Å²) in [5.41, 5.74) is 1.98. The van der Waals surface area contributed by atoms with Crippen molar-refractivity contribution >= 4 is 5.69 Å². The highest BCUT2D eigenvalue weighted by molar-refractivity contribution is 5.53. The van der Waals surface area contributed by atoms with Crippen LogP contribution in [0.1, 0.15) is 31.4 Å². The zero-order valence-corrected chi connectivity index (χ0v) is 11.6. The first-order valence-electron chi connectivity index (χ1n) is 6.42. The summed E-state index contributed by atoms with van der Waals surface area (Å²) in [5.74, 6) is 0.352. The molecule has 0 radical (unpaired) electrons. The molecule has 1 atom stereocenters. The normalized spacial score (nSPS) is 12.2. The van der Waals surface area contributed by atoms with Crippen LogP contribution in [0, 0.1) is 0 Å². The van der Waals surface area contributed by atoms with Gasteiger partial charge in [-0.25, -0.2) is 0 Å². The van der Waals surface area contributed by atoms with E-state index in [0.717, 1.165) is 30.6 Å². The van der Waals surface area contributed by atoms with E-state index >= 15 is 0 Å². The zero-order valence-electron chi connectivity index (χ0n) is 11.6. The Bertz CT molecular complexity index is 390. The molecule has 1 aromatic rings. The van der Waals surface area contributed by atoms with Crippen LogP contribution in [-0.2, 0) is 0 Å². The molecule has 0 saturated carbocycles. The molecule has 2 N–H and O–H groups in total. The highest BCUT2D eigenvalue weighted by atomic mass is 16.3. The monoisotopic (exact) mass is 248 g/mol. The van der Waals surface area contributed by atoms with Crippen LogP contribution in [0.5, 0.6) is 5.75 Å². The molecule has 0 aliphatic rings. The molecule has 1 aromatic carbocycles.